The van der Waals surface area contributed by atoms with Crippen LogP contribution in [0.5, 0.6) is 5.75 Å². The molecule has 0 fully saturated rings. The summed E-state index contributed by atoms with van der Waals surface area (Å²) >= 11 is 0. The smallest absolute Gasteiger partial charge is 0.264 e. The van der Waals surface area contributed by atoms with E-state index in [0.29, 0.717) is 17.1 Å². The van der Waals surface area contributed by atoms with Gasteiger partial charge in [0.15, 0.2) is 0 Å². The summed E-state index contributed by atoms with van der Waals surface area (Å²) in [7, 11) is -2.37. The van der Waals surface area contributed by atoms with Crippen LogP contribution in [0.1, 0.15) is 18.1 Å². The van der Waals surface area contributed by atoms with Crippen LogP contribution in [0, 0.1) is 6.92 Å². The topological polar surface area (TPSA) is 88.1 Å². The maximum absolute atomic E-state index is 13.3. The SMILES string of the molecule is COc1ccc(/C(C)=N\NC(=O)CN(c2cccc(C)c2)S(=O)(=O)c2ccccc2)cc1. The number of hydrogen-bond donors (Lipinski definition) is 1. The van der Waals surface area contributed by atoms with Gasteiger partial charge in [-0.15, -0.1) is 0 Å². The molecular weight excluding hydrogens is 426 g/mol. The van der Waals surface area contributed by atoms with E-state index >= 15 is 0 Å². The third-order valence-corrected chi connectivity index (χ3v) is 6.55. The predicted molar refractivity (Wildman–Crippen MR) is 126 cm³/mol. The first-order valence-corrected chi connectivity index (χ1v) is 11.4. The summed E-state index contributed by atoms with van der Waals surface area (Å²) in [5, 5.41) is 4.12. The van der Waals surface area contributed by atoms with Gasteiger partial charge in [-0.25, -0.2) is 13.8 Å². The highest BCUT2D eigenvalue weighted by Gasteiger charge is 2.27. The zero-order valence-corrected chi connectivity index (χ0v) is 19.0. The monoisotopic (exact) mass is 451 g/mol. The number of carbonyl (C=O) groups excluding carboxylic acids is 1. The van der Waals surface area contributed by atoms with E-state index in [-0.39, 0.29) is 4.90 Å². The minimum absolute atomic E-state index is 0.104. The summed E-state index contributed by atoms with van der Waals surface area (Å²) in [6.07, 6.45) is 0. The van der Waals surface area contributed by atoms with Crippen molar-refractivity contribution >= 4 is 27.3 Å². The first-order chi connectivity index (χ1) is 15.3. The number of rotatable bonds is 8. The molecule has 166 valence electrons. The molecular formula is C24H25N3O4S. The molecule has 3 aromatic carbocycles. The number of nitrogens with zero attached hydrogens (tertiary/aromatic N) is 2. The molecule has 0 bridgehead atoms. The number of hydrogen-bond acceptors (Lipinski definition) is 5. The van der Waals surface area contributed by atoms with Gasteiger partial charge in [0.2, 0.25) is 0 Å². The highest BCUT2D eigenvalue weighted by Crippen LogP contribution is 2.24. The molecule has 0 aliphatic rings. The number of aryl methyl sites for hydroxylation is 1. The van der Waals surface area contributed by atoms with Crippen molar-refractivity contribution in [1.29, 1.82) is 0 Å². The van der Waals surface area contributed by atoms with Gasteiger partial charge in [0, 0.05) is 0 Å². The van der Waals surface area contributed by atoms with Crippen LogP contribution in [0.4, 0.5) is 5.69 Å². The fourth-order valence-corrected chi connectivity index (χ4v) is 4.46. The lowest BCUT2D eigenvalue weighted by molar-refractivity contribution is -0.119. The Balaban J connectivity index is 1.83. The largest absolute Gasteiger partial charge is 0.497 e. The molecule has 32 heavy (non-hydrogen) atoms. The normalized spacial score (nSPS) is 11.7. The van der Waals surface area contributed by atoms with Gasteiger partial charge in [0.25, 0.3) is 15.9 Å². The van der Waals surface area contributed by atoms with Crippen LogP contribution >= 0.6 is 0 Å². The first-order valence-electron chi connectivity index (χ1n) is 9.93. The second-order valence-corrected chi connectivity index (χ2v) is 8.99. The van der Waals surface area contributed by atoms with E-state index in [1.807, 2.05) is 25.1 Å². The number of sulfonamides is 1. The van der Waals surface area contributed by atoms with Crippen molar-refractivity contribution in [2.75, 3.05) is 18.0 Å². The molecule has 7 nitrogen and oxygen atoms in total. The van der Waals surface area contributed by atoms with E-state index in [1.165, 1.54) is 12.1 Å². The molecule has 0 heterocycles. The Morgan fingerprint density at radius 1 is 1.00 bits per heavy atom. The number of ether oxygens (including phenoxy) is 1. The van der Waals surface area contributed by atoms with E-state index in [9.17, 15) is 13.2 Å². The van der Waals surface area contributed by atoms with E-state index in [4.69, 9.17) is 4.74 Å². The summed E-state index contributed by atoms with van der Waals surface area (Å²) in [5.74, 6) is 0.157. The third-order valence-electron chi connectivity index (χ3n) is 4.76. The van der Waals surface area contributed by atoms with Crippen molar-refractivity contribution in [3.63, 3.8) is 0 Å². The number of benzene rings is 3. The average Bonchev–Trinajstić information content (AvgIpc) is 2.81. The summed E-state index contributed by atoms with van der Waals surface area (Å²) in [6, 6.07) is 22.3. The predicted octanol–water partition coefficient (Wildman–Crippen LogP) is 3.74. The van der Waals surface area contributed by atoms with E-state index in [1.54, 1.807) is 62.6 Å². The molecule has 1 amide bonds. The molecule has 3 rings (SSSR count). The molecule has 0 saturated carbocycles. The number of methoxy groups -OCH3 is 1. The van der Waals surface area contributed by atoms with Gasteiger partial charge in [0.05, 0.1) is 23.4 Å². The molecule has 3 aromatic rings. The van der Waals surface area contributed by atoms with Gasteiger partial charge < -0.3 is 4.74 Å². The van der Waals surface area contributed by atoms with Crippen molar-refractivity contribution in [2.45, 2.75) is 18.7 Å². The number of carbonyl (C=O) groups is 1. The van der Waals surface area contributed by atoms with Gasteiger partial charge >= 0.3 is 0 Å². The molecule has 0 aliphatic heterocycles. The van der Waals surface area contributed by atoms with Crippen LogP contribution in [-0.2, 0) is 14.8 Å². The maximum Gasteiger partial charge on any atom is 0.264 e. The number of amides is 1. The molecule has 0 aliphatic carbocycles. The van der Waals surface area contributed by atoms with Crippen molar-refractivity contribution in [3.8, 4) is 5.75 Å². The van der Waals surface area contributed by atoms with E-state index < -0.39 is 22.5 Å². The van der Waals surface area contributed by atoms with Crippen LogP contribution in [0.15, 0.2) is 88.9 Å². The van der Waals surface area contributed by atoms with Gasteiger partial charge in [-0.2, -0.15) is 5.10 Å². The van der Waals surface area contributed by atoms with E-state index in [2.05, 4.69) is 10.5 Å². The van der Waals surface area contributed by atoms with Gasteiger partial charge in [-0.05, 0) is 73.5 Å². The van der Waals surface area contributed by atoms with E-state index in [0.717, 1.165) is 15.4 Å². The minimum atomic E-state index is -3.95. The lowest BCUT2D eigenvalue weighted by Gasteiger charge is -2.24. The minimum Gasteiger partial charge on any atom is -0.497 e. The van der Waals surface area contributed by atoms with Gasteiger partial charge in [-0.1, -0.05) is 30.3 Å². The van der Waals surface area contributed by atoms with Gasteiger partial charge in [-0.3, -0.25) is 9.10 Å². The second kappa shape index (κ2) is 10.1. The summed E-state index contributed by atoms with van der Waals surface area (Å²) < 4.78 is 32.8. The first kappa shape index (κ1) is 23.0. The second-order valence-electron chi connectivity index (χ2n) is 7.12. The molecule has 0 unspecified atom stereocenters. The molecule has 0 atom stereocenters. The zero-order valence-electron chi connectivity index (χ0n) is 18.1. The lowest BCUT2D eigenvalue weighted by atomic mass is 10.1. The molecule has 0 radical (unpaired) electrons. The van der Waals surface area contributed by atoms with Crippen LogP contribution in [0.2, 0.25) is 0 Å². The Kier molecular flexibility index (Phi) is 7.27. The average molecular weight is 452 g/mol. The quantitative estimate of drug-likeness (QED) is 0.417. The highest BCUT2D eigenvalue weighted by atomic mass is 32.2. The highest BCUT2D eigenvalue weighted by molar-refractivity contribution is 7.92. The molecule has 0 aromatic heterocycles. The lowest BCUT2D eigenvalue weighted by Crippen LogP contribution is -2.39. The Labute approximate surface area is 188 Å². The molecule has 0 saturated heterocycles. The van der Waals surface area contributed by atoms with Crippen molar-refractivity contribution in [3.05, 3.63) is 90.0 Å². The van der Waals surface area contributed by atoms with Crippen molar-refractivity contribution in [2.24, 2.45) is 5.10 Å². The number of anilines is 1. The Bertz CT molecular complexity index is 1210. The Morgan fingerprint density at radius 2 is 1.69 bits per heavy atom. The third kappa shape index (κ3) is 5.53. The number of nitrogens with one attached hydrogen (secondary N) is 1. The standard InChI is InChI=1S/C24H25N3O4S/c1-18-8-7-9-21(16-18)27(32(29,30)23-10-5-4-6-11-23)17-24(28)26-25-19(2)20-12-14-22(31-3)15-13-20/h4-16H,17H2,1-3H3,(H,26,28)/b25-19-. The maximum atomic E-state index is 13.3. The Hall–Kier alpha value is -3.65. The fourth-order valence-electron chi connectivity index (χ4n) is 3.03. The van der Waals surface area contributed by atoms with Crippen molar-refractivity contribution < 1.29 is 17.9 Å². The Morgan fingerprint density at radius 3 is 2.31 bits per heavy atom. The van der Waals surface area contributed by atoms with Crippen LogP contribution in [0.25, 0.3) is 0 Å². The zero-order chi connectivity index (χ0) is 23.1. The molecule has 1 N–H and O–H groups in total. The fraction of sp³-hybridized carbons (Fsp3) is 0.167. The van der Waals surface area contributed by atoms with Crippen LogP contribution < -0.4 is 14.5 Å². The van der Waals surface area contributed by atoms with Crippen LogP contribution in [-0.4, -0.2) is 33.7 Å². The summed E-state index contributed by atoms with van der Waals surface area (Å²) in [4.78, 5) is 12.8. The molecule has 0 spiro atoms. The molecule has 8 heteroatoms. The van der Waals surface area contributed by atoms with Crippen LogP contribution in [0.3, 0.4) is 0 Å². The number of hydrazone groups is 1. The van der Waals surface area contributed by atoms with Crippen molar-refractivity contribution in [1.82, 2.24) is 5.43 Å². The summed E-state index contributed by atoms with van der Waals surface area (Å²) in [6.45, 7) is 3.20. The van der Waals surface area contributed by atoms with Gasteiger partial charge in [0.1, 0.15) is 12.3 Å². The summed E-state index contributed by atoms with van der Waals surface area (Å²) in [5.41, 5.74) is 5.12.